The third kappa shape index (κ3) is 2.99. The summed E-state index contributed by atoms with van der Waals surface area (Å²) in [5.41, 5.74) is 6.05. The monoisotopic (exact) mass is 240 g/mol. The first-order chi connectivity index (χ1) is 8.22. The molecule has 1 saturated heterocycles. The molecule has 2 fully saturated rings. The van der Waals surface area contributed by atoms with Crippen molar-refractivity contribution in [2.45, 2.75) is 63.6 Å². The Bertz CT molecular complexity index is 270. The second kappa shape index (κ2) is 5.83. The van der Waals surface area contributed by atoms with Gasteiger partial charge in [0.1, 0.15) is 0 Å². The summed E-state index contributed by atoms with van der Waals surface area (Å²) in [6, 6.07) is 0.310. The van der Waals surface area contributed by atoms with Crippen molar-refractivity contribution < 1.29 is 9.53 Å². The van der Waals surface area contributed by atoms with Gasteiger partial charge in [-0.2, -0.15) is 0 Å². The first kappa shape index (κ1) is 12.8. The lowest BCUT2D eigenvalue weighted by Crippen LogP contribution is -2.51. The summed E-state index contributed by atoms with van der Waals surface area (Å²) in [6.07, 6.45) is 6.30. The summed E-state index contributed by atoms with van der Waals surface area (Å²) in [5.74, 6) is 0.186. The van der Waals surface area contributed by atoms with Crippen LogP contribution in [-0.4, -0.2) is 30.7 Å². The van der Waals surface area contributed by atoms with Crippen molar-refractivity contribution in [2.24, 2.45) is 11.7 Å². The van der Waals surface area contributed by atoms with E-state index in [2.05, 4.69) is 12.2 Å². The molecule has 0 spiro atoms. The Morgan fingerprint density at radius 3 is 2.82 bits per heavy atom. The van der Waals surface area contributed by atoms with Crippen LogP contribution in [0.2, 0.25) is 0 Å². The van der Waals surface area contributed by atoms with E-state index < -0.39 is 0 Å². The third-order valence-corrected chi connectivity index (χ3v) is 4.10. The molecule has 1 aliphatic carbocycles. The van der Waals surface area contributed by atoms with E-state index in [9.17, 15) is 4.79 Å². The van der Waals surface area contributed by atoms with E-state index in [1.165, 1.54) is 12.8 Å². The van der Waals surface area contributed by atoms with E-state index >= 15 is 0 Å². The van der Waals surface area contributed by atoms with Crippen LogP contribution < -0.4 is 11.1 Å². The number of nitrogens with one attached hydrogen (secondary N) is 1. The third-order valence-electron chi connectivity index (χ3n) is 4.10. The van der Waals surface area contributed by atoms with E-state index in [4.69, 9.17) is 10.5 Å². The van der Waals surface area contributed by atoms with Crippen molar-refractivity contribution in [2.75, 3.05) is 6.61 Å². The number of hydrogen-bond acceptors (Lipinski definition) is 3. The molecule has 1 heterocycles. The first-order valence-electron chi connectivity index (χ1n) is 6.90. The minimum Gasteiger partial charge on any atom is -0.377 e. The van der Waals surface area contributed by atoms with Gasteiger partial charge in [0.25, 0.3) is 0 Å². The van der Waals surface area contributed by atoms with Crippen molar-refractivity contribution >= 4 is 5.91 Å². The van der Waals surface area contributed by atoms with Gasteiger partial charge in [-0.3, -0.25) is 4.79 Å². The molecule has 2 aliphatic rings. The smallest absolute Gasteiger partial charge is 0.226 e. The second-order valence-electron chi connectivity index (χ2n) is 5.28. The van der Waals surface area contributed by atoms with Crippen LogP contribution in [0.3, 0.4) is 0 Å². The van der Waals surface area contributed by atoms with Gasteiger partial charge in [-0.05, 0) is 25.7 Å². The second-order valence-corrected chi connectivity index (χ2v) is 5.28. The van der Waals surface area contributed by atoms with Crippen LogP contribution in [0.25, 0.3) is 0 Å². The summed E-state index contributed by atoms with van der Waals surface area (Å²) in [6.45, 7) is 2.79. The zero-order valence-corrected chi connectivity index (χ0v) is 10.7. The Morgan fingerprint density at radius 1 is 1.35 bits per heavy atom. The highest BCUT2D eigenvalue weighted by molar-refractivity contribution is 5.79. The Balaban J connectivity index is 1.87. The van der Waals surface area contributed by atoms with E-state index in [0.717, 1.165) is 25.7 Å². The van der Waals surface area contributed by atoms with Gasteiger partial charge >= 0.3 is 0 Å². The van der Waals surface area contributed by atoms with Crippen molar-refractivity contribution in [3.63, 3.8) is 0 Å². The minimum absolute atomic E-state index is 0.0362. The quantitative estimate of drug-likeness (QED) is 0.779. The largest absolute Gasteiger partial charge is 0.377 e. The Hall–Kier alpha value is -0.610. The topological polar surface area (TPSA) is 64.3 Å². The number of carbonyl (C=O) groups excluding carboxylic acids is 1. The van der Waals surface area contributed by atoms with E-state index in [1.807, 2.05) is 0 Å². The standard InChI is InChI=1S/C13H24N2O2/c1-2-12-9(7-8-17-12)13(16)15-11-6-4-3-5-10(11)14/h9-12H,2-8,14H2,1H3,(H,15,16). The van der Waals surface area contributed by atoms with Crippen molar-refractivity contribution in [1.29, 1.82) is 0 Å². The van der Waals surface area contributed by atoms with Crippen LogP contribution >= 0.6 is 0 Å². The molecule has 1 saturated carbocycles. The summed E-state index contributed by atoms with van der Waals surface area (Å²) in [5, 5.41) is 3.13. The molecular formula is C13H24N2O2. The van der Waals surface area contributed by atoms with Gasteiger partial charge in [-0.15, -0.1) is 0 Å². The summed E-state index contributed by atoms with van der Waals surface area (Å²) in [4.78, 5) is 12.2. The van der Waals surface area contributed by atoms with Crippen LogP contribution in [0.5, 0.6) is 0 Å². The highest BCUT2D eigenvalue weighted by Gasteiger charge is 2.34. The summed E-state index contributed by atoms with van der Waals surface area (Å²) >= 11 is 0. The van der Waals surface area contributed by atoms with E-state index in [-0.39, 0.29) is 30.0 Å². The summed E-state index contributed by atoms with van der Waals surface area (Å²) < 4.78 is 5.56. The maximum absolute atomic E-state index is 12.2. The molecule has 0 radical (unpaired) electrons. The van der Waals surface area contributed by atoms with Gasteiger partial charge in [0.2, 0.25) is 5.91 Å². The average Bonchev–Trinajstić information content (AvgIpc) is 2.80. The number of nitrogens with two attached hydrogens (primary N) is 1. The van der Waals surface area contributed by atoms with Gasteiger partial charge in [-0.25, -0.2) is 0 Å². The van der Waals surface area contributed by atoms with Crippen molar-refractivity contribution in [3.8, 4) is 0 Å². The molecule has 4 nitrogen and oxygen atoms in total. The fourth-order valence-corrected chi connectivity index (χ4v) is 2.98. The lowest BCUT2D eigenvalue weighted by atomic mass is 9.90. The van der Waals surface area contributed by atoms with Crippen LogP contribution in [0.1, 0.15) is 45.4 Å². The molecule has 0 aromatic rings. The van der Waals surface area contributed by atoms with E-state index in [1.54, 1.807) is 0 Å². The maximum atomic E-state index is 12.2. The number of ether oxygens (including phenoxy) is 1. The molecule has 4 unspecified atom stereocenters. The summed E-state index contributed by atoms with van der Waals surface area (Å²) in [7, 11) is 0. The number of carbonyl (C=O) groups is 1. The number of rotatable bonds is 3. The van der Waals surface area contributed by atoms with Crippen LogP contribution in [0.15, 0.2) is 0 Å². The highest BCUT2D eigenvalue weighted by Crippen LogP contribution is 2.24. The van der Waals surface area contributed by atoms with Gasteiger partial charge in [0.05, 0.1) is 12.0 Å². The van der Waals surface area contributed by atoms with Crippen molar-refractivity contribution in [1.82, 2.24) is 5.32 Å². The lowest BCUT2D eigenvalue weighted by molar-refractivity contribution is -0.127. The molecule has 98 valence electrons. The molecule has 2 rings (SSSR count). The molecule has 4 atom stereocenters. The highest BCUT2D eigenvalue weighted by atomic mass is 16.5. The first-order valence-corrected chi connectivity index (χ1v) is 6.90. The maximum Gasteiger partial charge on any atom is 0.226 e. The molecule has 17 heavy (non-hydrogen) atoms. The fourth-order valence-electron chi connectivity index (χ4n) is 2.98. The van der Waals surface area contributed by atoms with Gasteiger partial charge in [0, 0.05) is 18.7 Å². The van der Waals surface area contributed by atoms with E-state index in [0.29, 0.717) is 6.61 Å². The Labute approximate surface area is 103 Å². The normalized spacial score (nSPS) is 38.0. The minimum atomic E-state index is 0.0362. The molecule has 3 N–H and O–H groups in total. The predicted molar refractivity (Wildman–Crippen MR) is 66.5 cm³/mol. The number of amides is 1. The van der Waals surface area contributed by atoms with Gasteiger partial charge in [-0.1, -0.05) is 19.8 Å². The van der Waals surface area contributed by atoms with Crippen molar-refractivity contribution in [3.05, 3.63) is 0 Å². The zero-order valence-electron chi connectivity index (χ0n) is 10.7. The van der Waals surface area contributed by atoms with Crippen LogP contribution in [-0.2, 0) is 9.53 Å². The van der Waals surface area contributed by atoms with Crippen LogP contribution in [0.4, 0.5) is 0 Å². The van der Waals surface area contributed by atoms with Crippen LogP contribution in [0, 0.1) is 5.92 Å². The molecule has 1 amide bonds. The molecule has 4 heteroatoms. The molecular weight excluding hydrogens is 216 g/mol. The number of hydrogen-bond donors (Lipinski definition) is 2. The Morgan fingerprint density at radius 2 is 2.12 bits per heavy atom. The molecule has 0 aromatic carbocycles. The zero-order chi connectivity index (χ0) is 12.3. The lowest BCUT2D eigenvalue weighted by Gasteiger charge is -2.30. The molecule has 0 aromatic heterocycles. The average molecular weight is 240 g/mol. The molecule has 1 aliphatic heterocycles. The van der Waals surface area contributed by atoms with Gasteiger partial charge < -0.3 is 15.8 Å². The molecule has 0 bridgehead atoms. The van der Waals surface area contributed by atoms with Gasteiger partial charge in [0.15, 0.2) is 0 Å². The Kier molecular flexibility index (Phi) is 4.40. The fraction of sp³-hybridized carbons (Fsp3) is 0.923. The SMILES string of the molecule is CCC1OCCC1C(=O)NC1CCCCC1N. The predicted octanol–water partition coefficient (Wildman–Crippen LogP) is 1.19.